The molecule has 1 fully saturated rings. The Kier molecular flexibility index (Phi) is 6.19. The number of nitrogens with zero attached hydrogens (tertiary/aromatic N) is 6. The van der Waals surface area contributed by atoms with Gasteiger partial charge in [-0.25, -0.2) is 9.37 Å². The van der Waals surface area contributed by atoms with Gasteiger partial charge in [0.25, 0.3) is 0 Å². The normalized spacial score (nSPS) is 19.1. The van der Waals surface area contributed by atoms with Crippen molar-refractivity contribution in [3.8, 4) is 22.7 Å². The molecule has 2 aliphatic heterocycles. The monoisotopic (exact) mass is 533 g/mol. The molecular weight excluding hydrogens is 509 g/mol. The molecule has 1 unspecified atom stereocenters. The maximum atomic E-state index is 15.3. The van der Waals surface area contributed by atoms with E-state index in [4.69, 9.17) is 16.3 Å². The van der Waals surface area contributed by atoms with Crippen LogP contribution in [0.4, 0.5) is 4.39 Å². The molecule has 0 spiro atoms. The van der Waals surface area contributed by atoms with Crippen LogP contribution in [0, 0.1) is 5.82 Å². The van der Waals surface area contributed by atoms with E-state index in [0.717, 1.165) is 35.7 Å². The quantitative estimate of drug-likeness (QED) is 0.368. The van der Waals surface area contributed by atoms with Gasteiger partial charge in [0.2, 0.25) is 5.91 Å². The molecule has 0 aliphatic carbocycles. The third-order valence-electron chi connectivity index (χ3n) is 6.95. The zero-order valence-corrected chi connectivity index (χ0v) is 21.6. The second kappa shape index (κ2) is 9.68. The molecule has 1 N–H and O–H groups in total. The van der Waals surface area contributed by atoms with Crippen LogP contribution < -0.4 is 4.74 Å². The van der Waals surface area contributed by atoms with Gasteiger partial charge in [-0.05, 0) is 73.4 Å². The van der Waals surface area contributed by atoms with E-state index < -0.39 is 5.82 Å². The molecule has 6 rings (SSSR count). The number of aromatic nitrogens is 6. The number of H-pyrrole nitrogens is 1. The van der Waals surface area contributed by atoms with Crippen molar-refractivity contribution in [1.82, 2.24) is 35.1 Å². The van der Waals surface area contributed by atoms with Gasteiger partial charge in [0, 0.05) is 23.2 Å². The number of halogens is 2. The summed E-state index contributed by atoms with van der Waals surface area (Å²) in [4.78, 5) is 23.4. The Balaban J connectivity index is 1.31. The molecule has 11 heteroatoms. The summed E-state index contributed by atoms with van der Waals surface area (Å²) in [5.41, 5.74) is 2.98. The molecule has 2 aromatic heterocycles. The van der Waals surface area contributed by atoms with E-state index in [1.165, 1.54) is 23.2 Å². The number of benzene rings is 2. The first-order chi connectivity index (χ1) is 18.4. The topological polar surface area (TPSA) is 102 Å². The van der Waals surface area contributed by atoms with Crippen LogP contribution in [0.25, 0.3) is 22.5 Å². The Hall–Kier alpha value is -4.05. The summed E-state index contributed by atoms with van der Waals surface area (Å²) in [6, 6.07) is 10.6. The number of imidazole rings is 1. The summed E-state index contributed by atoms with van der Waals surface area (Å²) in [6.07, 6.45) is 6.67. The van der Waals surface area contributed by atoms with Crippen molar-refractivity contribution < 1.29 is 13.9 Å². The van der Waals surface area contributed by atoms with Gasteiger partial charge in [-0.15, -0.1) is 5.10 Å². The van der Waals surface area contributed by atoms with Crippen molar-refractivity contribution in [2.24, 2.45) is 0 Å². The van der Waals surface area contributed by atoms with Crippen molar-refractivity contribution in [2.75, 3.05) is 0 Å². The molecule has 1 saturated heterocycles. The highest BCUT2D eigenvalue weighted by molar-refractivity contribution is 6.31. The smallest absolute Gasteiger partial charge is 0.247 e. The fourth-order valence-corrected chi connectivity index (χ4v) is 5.55. The van der Waals surface area contributed by atoms with Crippen molar-refractivity contribution >= 4 is 23.1 Å². The van der Waals surface area contributed by atoms with Gasteiger partial charge in [0.1, 0.15) is 17.9 Å². The zero-order valence-electron chi connectivity index (χ0n) is 20.8. The molecular formula is C27H25ClFN7O2. The number of fused-ring (bicyclic) bond motifs is 1. The molecule has 2 aliphatic rings. The first-order valence-electron chi connectivity index (χ1n) is 12.5. The fraction of sp³-hybridized carbons (Fsp3) is 0.296. The predicted molar refractivity (Wildman–Crippen MR) is 139 cm³/mol. The van der Waals surface area contributed by atoms with Crippen LogP contribution in [0.5, 0.6) is 5.75 Å². The van der Waals surface area contributed by atoms with Gasteiger partial charge in [0.05, 0.1) is 34.7 Å². The number of hydrogen-bond acceptors (Lipinski definition) is 6. The van der Waals surface area contributed by atoms with Gasteiger partial charge >= 0.3 is 0 Å². The largest absolute Gasteiger partial charge is 0.490 e. The van der Waals surface area contributed by atoms with Crippen LogP contribution in [0.2, 0.25) is 5.02 Å². The minimum absolute atomic E-state index is 0.0262. The molecule has 1 amide bonds. The minimum atomic E-state index is -0.598. The molecule has 2 aromatic carbocycles. The number of ether oxygens (including phenoxy) is 1. The molecule has 194 valence electrons. The van der Waals surface area contributed by atoms with E-state index in [2.05, 4.69) is 25.5 Å². The lowest BCUT2D eigenvalue weighted by Gasteiger charge is -2.33. The van der Waals surface area contributed by atoms with Crippen molar-refractivity contribution in [1.29, 1.82) is 0 Å². The van der Waals surface area contributed by atoms with Crippen LogP contribution >= 0.6 is 11.6 Å². The molecule has 0 radical (unpaired) electrons. The molecule has 4 aromatic rings. The van der Waals surface area contributed by atoms with Crippen LogP contribution in [0.15, 0.2) is 55.0 Å². The minimum Gasteiger partial charge on any atom is -0.490 e. The number of carbonyl (C=O) groups excluding carboxylic acids is 1. The number of rotatable bonds is 6. The number of nitrogens with one attached hydrogen (secondary N) is 1. The molecule has 0 saturated carbocycles. The lowest BCUT2D eigenvalue weighted by Crippen LogP contribution is -2.39. The zero-order chi connectivity index (χ0) is 26.4. The maximum absolute atomic E-state index is 15.3. The van der Waals surface area contributed by atoms with Gasteiger partial charge in [0.15, 0.2) is 5.82 Å². The number of hydrogen-bond donors (Lipinski definition) is 1. The number of aromatic amines is 1. The van der Waals surface area contributed by atoms with Crippen molar-refractivity contribution in [3.63, 3.8) is 0 Å². The maximum Gasteiger partial charge on any atom is 0.247 e. The summed E-state index contributed by atoms with van der Waals surface area (Å²) < 4.78 is 22.7. The van der Waals surface area contributed by atoms with Crippen LogP contribution in [0.1, 0.15) is 50.5 Å². The number of carbonyl (C=O) groups is 1. The third-order valence-corrected chi connectivity index (χ3v) is 7.24. The third kappa shape index (κ3) is 4.24. The average Bonchev–Trinajstić information content (AvgIpc) is 3.66. The van der Waals surface area contributed by atoms with E-state index >= 15 is 4.39 Å². The van der Waals surface area contributed by atoms with Crippen LogP contribution in [-0.4, -0.2) is 53.1 Å². The molecule has 9 nitrogen and oxygen atoms in total. The first kappa shape index (κ1) is 24.3. The highest BCUT2D eigenvalue weighted by atomic mass is 35.5. The summed E-state index contributed by atoms with van der Waals surface area (Å²) in [6.45, 7) is 3.97. The molecule has 38 heavy (non-hydrogen) atoms. The Morgan fingerprint density at radius 2 is 2.03 bits per heavy atom. The van der Waals surface area contributed by atoms with E-state index in [1.807, 2.05) is 43.0 Å². The summed E-state index contributed by atoms with van der Waals surface area (Å²) >= 11 is 6.13. The van der Waals surface area contributed by atoms with E-state index in [-0.39, 0.29) is 34.7 Å². The number of para-hydroxylation sites is 1. The second-order valence-electron chi connectivity index (χ2n) is 9.72. The Morgan fingerprint density at radius 3 is 2.82 bits per heavy atom. The van der Waals surface area contributed by atoms with Crippen molar-refractivity contribution in [3.05, 3.63) is 77.2 Å². The lowest BCUT2D eigenvalue weighted by molar-refractivity contribution is -0.129. The predicted octanol–water partition coefficient (Wildman–Crippen LogP) is 5.15. The molecule has 4 heterocycles. The van der Waals surface area contributed by atoms with Gasteiger partial charge in [-0.3, -0.25) is 4.79 Å². The lowest BCUT2D eigenvalue weighted by atomic mass is 9.92. The van der Waals surface area contributed by atoms with Crippen LogP contribution in [-0.2, 0) is 4.79 Å². The van der Waals surface area contributed by atoms with Crippen molar-refractivity contribution in [2.45, 2.75) is 51.3 Å². The average molecular weight is 534 g/mol. The van der Waals surface area contributed by atoms with E-state index in [9.17, 15) is 4.79 Å². The molecule has 0 bridgehead atoms. The standard InChI is InChI=1S/C27H25ClFN7O2/c1-15(2)38-23-6-4-3-5-18(23)20-13-30-27(32-20)22-9-7-17-11-16(12-24(37)36(17)22)25-21(35-14-31-33-34-35)10-8-19(28)26(25)29/h3-6,8,10,12-15,17,22H,7,9,11H2,1-2H3,(H,30,32)/t17?,22-/m0/s1. The van der Waals surface area contributed by atoms with Gasteiger partial charge in [-0.1, -0.05) is 23.7 Å². The Bertz CT molecular complexity index is 1530. The summed E-state index contributed by atoms with van der Waals surface area (Å²) in [7, 11) is 0. The Morgan fingerprint density at radius 1 is 1.18 bits per heavy atom. The molecule has 2 atom stereocenters. The van der Waals surface area contributed by atoms with Gasteiger partial charge in [-0.2, -0.15) is 4.68 Å². The fourth-order valence-electron chi connectivity index (χ4n) is 5.39. The Labute approximate surface area is 223 Å². The first-order valence-corrected chi connectivity index (χ1v) is 12.8. The highest BCUT2D eigenvalue weighted by Crippen LogP contribution is 2.44. The van der Waals surface area contributed by atoms with E-state index in [1.54, 1.807) is 12.3 Å². The van der Waals surface area contributed by atoms with E-state index in [0.29, 0.717) is 17.7 Å². The summed E-state index contributed by atoms with van der Waals surface area (Å²) in [5.74, 6) is 0.697. The number of amides is 1. The number of tetrazole rings is 1. The SMILES string of the molecule is CC(C)Oc1ccccc1-c1cnc([C@@H]2CCC3CC(c4c(-n5cnnn5)ccc(Cl)c4F)=CC(=O)N32)[nH]1. The van der Waals surface area contributed by atoms with Crippen LogP contribution in [0.3, 0.4) is 0 Å². The second-order valence-corrected chi connectivity index (χ2v) is 10.1. The highest BCUT2D eigenvalue weighted by Gasteiger charge is 2.42. The summed E-state index contributed by atoms with van der Waals surface area (Å²) in [5, 5.41) is 11.2. The van der Waals surface area contributed by atoms with Gasteiger partial charge < -0.3 is 14.6 Å².